The molecule has 1 aliphatic rings. The molecule has 0 bridgehead atoms. The summed E-state index contributed by atoms with van der Waals surface area (Å²) in [5.41, 5.74) is 0. The molecule has 8 nitrogen and oxygen atoms in total. The van der Waals surface area contributed by atoms with Gasteiger partial charge in [0.2, 0.25) is 5.79 Å². The first kappa shape index (κ1) is 17.3. The largest absolute Gasteiger partial charge is 0.456 e. The average Bonchev–Trinajstić information content (AvgIpc) is 2.36. The van der Waals surface area contributed by atoms with Crippen LogP contribution in [-0.2, 0) is 33.3 Å². The molecule has 0 aromatic heterocycles. The molecule has 9 heteroatoms. The van der Waals surface area contributed by atoms with E-state index in [0.717, 1.165) is 20.8 Å². The second-order valence-electron chi connectivity index (χ2n) is 4.54. The minimum atomic E-state index is -2.48. The van der Waals surface area contributed by atoms with E-state index in [0.29, 0.717) is 0 Å². The van der Waals surface area contributed by atoms with Crippen LogP contribution < -0.4 is 0 Å². The van der Waals surface area contributed by atoms with Crippen molar-refractivity contribution in [2.75, 3.05) is 13.3 Å². The van der Waals surface area contributed by atoms with Gasteiger partial charge in [-0.15, -0.1) is 0 Å². The van der Waals surface area contributed by atoms with Crippen molar-refractivity contribution in [3.05, 3.63) is 0 Å². The molecule has 1 N–H and O–H groups in total. The predicted octanol–water partition coefficient (Wildman–Crippen LogP) is -0.530. The van der Waals surface area contributed by atoms with Gasteiger partial charge in [-0.2, -0.15) is 0 Å². The molecule has 0 radical (unpaired) electrons. The minimum Gasteiger partial charge on any atom is -0.456 e. The molecular weight excluding hydrogens is 291 g/mol. The van der Waals surface area contributed by atoms with Crippen molar-refractivity contribution in [2.45, 2.75) is 44.9 Å². The zero-order valence-electron chi connectivity index (χ0n) is 11.8. The van der Waals surface area contributed by atoms with Gasteiger partial charge in [0, 0.05) is 20.8 Å². The first-order valence-electron chi connectivity index (χ1n) is 6.13. The molecular formula is C12H17FO8. The monoisotopic (exact) mass is 308 g/mol. The topological polar surface area (TPSA) is 108 Å². The van der Waals surface area contributed by atoms with E-state index in [1.165, 1.54) is 0 Å². The van der Waals surface area contributed by atoms with Crippen molar-refractivity contribution in [2.24, 2.45) is 0 Å². The first-order valence-corrected chi connectivity index (χ1v) is 6.13. The lowest BCUT2D eigenvalue weighted by Gasteiger charge is -2.43. The summed E-state index contributed by atoms with van der Waals surface area (Å²) in [6, 6.07) is 0. The summed E-state index contributed by atoms with van der Waals surface area (Å²) in [5.74, 6) is -4.82. The molecule has 0 spiro atoms. The number of hydrogen-bond acceptors (Lipinski definition) is 8. The Labute approximate surface area is 120 Å². The molecule has 0 aromatic rings. The number of hydrogen-bond donors (Lipinski definition) is 1. The van der Waals surface area contributed by atoms with Crippen molar-refractivity contribution in [3.8, 4) is 0 Å². The summed E-state index contributed by atoms with van der Waals surface area (Å²) < 4.78 is 32.5. The molecule has 0 aromatic carbocycles. The van der Waals surface area contributed by atoms with Crippen molar-refractivity contribution in [3.63, 3.8) is 0 Å². The van der Waals surface area contributed by atoms with Gasteiger partial charge < -0.3 is 24.1 Å². The Morgan fingerprint density at radius 2 is 1.67 bits per heavy atom. The first-order chi connectivity index (χ1) is 9.69. The SMILES string of the molecule is CC(=O)OC1COC(O)(CF)C(OC(C)=O)C1OC(C)=O. The number of rotatable bonds is 4. The average molecular weight is 308 g/mol. The van der Waals surface area contributed by atoms with E-state index < -0.39 is 55.3 Å². The lowest BCUT2D eigenvalue weighted by molar-refractivity contribution is -0.329. The van der Waals surface area contributed by atoms with Gasteiger partial charge in [0.25, 0.3) is 0 Å². The van der Waals surface area contributed by atoms with E-state index in [2.05, 4.69) is 0 Å². The van der Waals surface area contributed by atoms with E-state index in [1.807, 2.05) is 0 Å². The molecule has 1 saturated heterocycles. The van der Waals surface area contributed by atoms with Crippen LogP contribution in [-0.4, -0.2) is 60.4 Å². The summed E-state index contributed by atoms with van der Waals surface area (Å²) in [7, 11) is 0. The number of ether oxygens (including phenoxy) is 4. The molecule has 0 aliphatic carbocycles. The fraction of sp³-hybridized carbons (Fsp3) is 0.750. The van der Waals surface area contributed by atoms with Crippen LogP contribution in [0.3, 0.4) is 0 Å². The van der Waals surface area contributed by atoms with Crippen molar-refractivity contribution in [1.82, 2.24) is 0 Å². The molecule has 1 aliphatic heterocycles. The Morgan fingerprint density at radius 3 is 2.10 bits per heavy atom. The Bertz CT molecular complexity index is 425. The number of alkyl halides is 1. The van der Waals surface area contributed by atoms with Crippen molar-refractivity contribution < 1.29 is 42.8 Å². The molecule has 0 saturated carbocycles. The summed E-state index contributed by atoms with van der Waals surface area (Å²) in [5, 5.41) is 10.0. The minimum absolute atomic E-state index is 0.421. The van der Waals surface area contributed by atoms with Crippen LogP contribution in [0.4, 0.5) is 4.39 Å². The second-order valence-corrected chi connectivity index (χ2v) is 4.54. The van der Waals surface area contributed by atoms with Gasteiger partial charge in [-0.3, -0.25) is 14.4 Å². The molecule has 1 fully saturated rings. The van der Waals surface area contributed by atoms with Gasteiger partial charge in [0.15, 0.2) is 18.3 Å². The zero-order chi connectivity index (χ0) is 16.2. The summed E-state index contributed by atoms with van der Waals surface area (Å²) in [6.07, 6.45) is -4.19. The summed E-state index contributed by atoms with van der Waals surface area (Å²) in [4.78, 5) is 33.3. The zero-order valence-corrected chi connectivity index (χ0v) is 11.8. The van der Waals surface area contributed by atoms with Crippen LogP contribution in [0.5, 0.6) is 0 Å². The van der Waals surface area contributed by atoms with Crippen LogP contribution >= 0.6 is 0 Å². The fourth-order valence-electron chi connectivity index (χ4n) is 1.95. The number of carbonyl (C=O) groups is 3. The third kappa shape index (κ3) is 4.36. The van der Waals surface area contributed by atoms with Gasteiger partial charge in [0.1, 0.15) is 6.67 Å². The Morgan fingerprint density at radius 1 is 1.14 bits per heavy atom. The van der Waals surface area contributed by atoms with Gasteiger partial charge in [-0.05, 0) is 0 Å². The third-order valence-electron chi connectivity index (χ3n) is 2.71. The Hall–Kier alpha value is -1.74. The summed E-state index contributed by atoms with van der Waals surface area (Å²) in [6.45, 7) is 1.38. The van der Waals surface area contributed by atoms with Crippen LogP contribution in [0.2, 0.25) is 0 Å². The van der Waals surface area contributed by atoms with Crippen molar-refractivity contribution in [1.29, 1.82) is 0 Å². The quantitative estimate of drug-likeness (QED) is 0.545. The highest BCUT2D eigenvalue weighted by molar-refractivity contribution is 5.68. The van der Waals surface area contributed by atoms with Crippen LogP contribution in [0.1, 0.15) is 20.8 Å². The standard InChI is InChI=1S/C12H17FO8/c1-6(14)19-9-4-18-12(17,5-13)11(21-8(3)16)10(9)20-7(2)15/h9-11,17H,4-5H2,1-3H3. The van der Waals surface area contributed by atoms with E-state index >= 15 is 0 Å². The molecule has 4 unspecified atom stereocenters. The number of aliphatic hydroxyl groups is 1. The summed E-state index contributed by atoms with van der Waals surface area (Å²) >= 11 is 0. The Kier molecular flexibility index (Phi) is 5.62. The van der Waals surface area contributed by atoms with Crippen LogP contribution in [0.25, 0.3) is 0 Å². The molecule has 1 heterocycles. The van der Waals surface area contributed by atoms with Crippen LogP contribution in [0.15, 0.2) is 0 Å². The van der Waals surface area contributed by atoms with Gasteiger partial charge >= 0.3 is 17.9 Å². The van der Waals surface area contributed by atoms with Crippen LogP contribution in [0, 0.1) is 0 Å². The van der Waals surface area contributed by atoms with E-state index in [4.69, 9.17) is 18.9 Å². The molecule has 120 valence electrons. The van der Waals surface area contributed by atoms with Crippen molar-refractivity contribution >= 4 is 17.9 Å². The fourth-order valence-corrected chi connectivity index (χ4v) is 1.95. The van der Waals surface area contributed by atoms with Gasteiger partial charge in [-0.1, -0.05) is 0 Å². The highest BCUT2D eigenvalue weighted by Crippen LogP contribution is 2.30. The Balaban J connectivity index is 3.09. The van der Waals surface area contributed by atoms with Gasteiger partial charge in [-0.25, -0.2) is 4.39 Å². The van der Waals surface area contributed by atoms with E-state index in [1.54, 1.807) is 0 Å². The number of esters is 3. The number of halogens is 1. The third-order valence-corrected chi connectivity index (χ3v) is 2.71. The second kappa shape index (κ2) is 6.81. The van der Waals surface area contributed by atoms with E-state index in [9.17, 15) is 23.9 Å². The maximum absolute atomic E-state index is 13.0. The van der Waals surface area contributed by atoms with E-state index in [-0.39, 0.29) is 0 Å². The van der Waals surface area contributed by atoms with Gasteiger partial charge in [0.05, 0.1) is 6.61 Å². The highest BCUT2D eigenvalue weighted by atomic mass is 19.1. The predicted molar refractivity (Wildman–Crippen MR) is 63.5 cm³/mol. The lowest BCUT2D eigenvalue weighted by atomic mass is 9.97. The highest BCUT2D eigenvalue weighted by Gasteiger charge is 2.55. The molecule has 0 amide bonds. The molecule has 21 heavy (non-hydrogen) atoms. The normalized spacial score (nSPS) is 32.1. The smallest absolute Gasteiger partial charge is 0.303 e. The maximum atomic E-state index is 13.0. The maximum Gasteiger partial charge on any atom is 0.303 e. The lowest BCUT2D eigenvalue weighted by Crippen LogP contribution is -2.65. The molecule has 4 atom stereocenters. The molecule has 1 rings (SSSR count). The number of carbonyl (C=O) groups excluding carboxylic acids is 3.